The number of aromatic nitrogens is 1. The number of carbonyl (C=O) groups excluding carboxylic acids is 1. The Hall–Kier alpha value is -2.94. The van der Waals surface area contributed by atoms with E-state index >= 15 is 0 Å². The van der Waals surface area contributed by atoms with Crippen LogP contribution in [0.15, 0.2) is 34.7 Å². The van der Waals surface area contributed by atoms with Crippen LogP contribution in [0, 0.1) is 5.92 Å². The molecule has 1 aromatic heterocycles. The van der Waals surface area contributed by atoms with Crippen LogP contribution < -0.4 is 10.3 Å². The second kappa shape index (κ2) is 10.0. The normalized spacial score (nSPS) is 14.9. The van der Waals surface area contributed by atoms with Crippen molar-refractivity contribution < 1.29 is 19.4 Å². The summed E-state index contributed by atoms with van der Waals surface area (Å²) in [6.45, 7) is 3.64. The van der Waals surface area contributed by atoms with E-state index in [0.717, 1.165) is 24.3 Å². The van der Waals surface area contributed by atoms with E-state index in [1.807, 2.05) is 24.3 Å². The van der Waals surface area contributed by atoms with Crippen LogP contribution in [0.5, 0.6) is 0 Å². The number of hydrogen-bond donors (Lipinski definition) is 2. The molecule has 9 heteroatoms. The number of hydrazone groups is 1. The average Bonchev–Trinajstić information content (AvgIpc) is 3.16. The largest absolute Gasteiger partial charge is 0.481 e. The first-order chi connectivity index (χ1) is 14.0. The number of piperidine rings is 1. The summed E-state index contributed by atoms with van der Waals surface area (Å²) < 4.78 is 4.91. The van der Waals surface area contributed by atoms with Gasteiger partial charge in [0.05, 0.1) is 30.9 Å². The number of carbonyl (C=O) groups is 2. The molecular formula is C20H24N4O4S. The molecule has 8 nitrogen and oxygen atoms in total. The maximum absolute atomic E-state index is 11.5. The van der Waals surface area contributed by atoms with Crippen LogP contribution in [0.4, 0.5) is 10.8 Å². The fourth-order valence-electron chi connectivity index (χ4n) is 3.12. The van der Waals surface area contributed by atoms with Crippen molar-refractivity contribution in [3.05, 3.63) is 40.9 Å². The summed E-state index contributed by atoms with van der Waals surface area (Å²) in [5, 5.41) is 15.7. The minimum absolute atomic E-state index is 0.154. The number of anilines is 2. The highest BCUT2D eigenvalue weighted by Gasteiger charge is 2.24. The fraction of sp³-hybridized carbons (Fsp3) is 0.400. The molecule has 0 amide bonds. The molecule has 2 heterocycles. The van der Waals surface area contributed by atoms with Gasteiger partial charge in [-0.15, -0.1) is 11.3 Å². The number of benzene rings is 1. The number of nitrogens with zero attached hydrogens (tertiary/aromatic N) is 3. The third kappa shape index (κ3) is 6.02. The molecular weight excluding hydrogens is 392 g/mol. The number of nitrogens with one attached hydrogen (secondary N) is 1. The SMILES string of the molecule is CCOC(=O)Cc1csc(NN=Cc2ccc(N3CCC(C(=O)O)CC3)cc2)n1. The van der Waals surface area contributed by atoms with E-state index < -0.39 is 5.97 Å². The molecule has 1 aliphatic heterocycles. The van der Waals surface area contributed by atoms with Crippen molar-refractivity contribution in [1.82, 2.24) is 4.98 Å². The second-order valence-corrected chi connectivity index (χ2v) is 7.54. The first-order valence-electron chi connectivity index (χ1n) is 9.52. The predicted octanol–water partition coefficient (Wildman–Crippen LogP) is 3.00. The third-order valence-electron chi connectivity index (χ3n) is 4.66. The van der Waals surface area contributed by atoms with E-state index in [4.69, 9.17) is 9.84 Å². The lowest BCUT2D eigenvalue weighted by Gasteiger charge is -2.31. The van der Waals surface area contributed by atoms with E-state index in [0.29, 0.717) is 30.3 Å². The monoisotopic (exact) mass is 416 g/mol. The maximum atomic E-state index is 11.5. The van der Waals surface area contributed by atoms with Crippen molar-refractivity contribution in [3.63, 3.8) is 0 Å². The van der Waals surface area contributed by atoms with Gasteiger partial charge in [0, 0.05) is 24.2 Å². The van der Waals surface area contributed by atoms with Gasteiger partial charge in [-0.1, -0.05) is 12.1 Å². The summed E-state index contributed by atoms with van der Waals surface area (Å²) in [5.74, 6) is -1.22. The molecule has 29 heavy (non-hydrogen) atoms. The van der Waals surface area contributed by atoms with Crippen LogP contribution in [0.3, 0.4) is 0 Å². The van der Waals surface area contributed by atoms with Gasteiger partial charge in [-0.25, -0.2) is 4.98 Å². The fourth-order valence-corrected chi connectivity index (χ4v) is 3.78. The minimum atomic E-state index is -0.697. The third-order valence-corrected chi connectivity index (χ3v) is 5.45. The van der Waals surface area contributed by atoms with E-state index in [-0.39, 0.29) is 18.3 Å². The summed E-state index contributed by atoms with van der Waals surface area (Å²) in [5.41, 5.74) is 5.55. The Kier molecular flexibility index (Phi) is 7.18. The second-order valence-electron chi connectivity index (χ2n) is 6.69. The summed E-state index contributed by atoms with van der Waals surface area (Å²) in [4.78, 5) is 29.0. The molecule has 0 atom stereocenters. The van der Waals surface area contributed by atoms with Crippen molar-refractivity contribution in [3.8, 4) is 0 Å². The summed E-state index contributed by atoms with van der Waals surface area (Å²) in [6.07, 6.45) is 3.20. The van der Waals surface area contributed by atoms with E-state index in [9.17, 15) is 9.59 Å². The molecule has 0 bridgehead atoms. The first-order valence-corrected chi connectivity index (χ1v) is 10.4. The van der Waals surface area contributed by atoms with Gasteiger partial charge in [-0.05, 0) is 37.5 Å². The van der Waals surface area contributed by atoms with Gasteiger partial charge in [0.25, 0.3) is 0 Å². The number of ether oxygens (including phenoxy) is 1. The highest BCUT2D eigenvalue weighted by atomic mass is 32.1. The topological polar surface area (TPSA) is 104 Å². The Morgan fingerprint density at radius 3 is 2.72 bits per heavy atom. The van der Waals surface area contributed by atoms with Crippen LogP contribution >= 0.6 is 11.3 Å². The van der Waals surface area contributed by atoms with Gasteiger partial charge in [0.15, 0.2) is 0 Å². The van der Waals surface area contributed by atoms with Crippen molar-refractivity contribution >= 4 is 40.3 Å². The molecule has 0 aliphatic carbocycles. The lowest BCUT2D eigenvalue weighted by molar-refractivity contribution is -0.143. The highest BCUT2D eigenvalue weighted by molar-refractivity contribution is 7.13. The van der Waals surface area contributed by atoms with Crippen molar-refractivity contribution in [1.29, 1.82) is 0 Å². The van der Waals surface area contributed by atoms with E-state index in [2.05, 4.69) is 20.4 Å². The zero-order chi connectivity index (χ0) is 20.6. The van der Waals surface area contributed by atoms with Gasteiger partial charge in [-0.3, -0.25) is 15.0 Å². The van der Waals surface area contributed by atoms with Gasteiger partial charge in [0.2, 0.25) is 5.13 Å². The van der Waals surface area contributed by atoms with Crippen LogP contribution in [0.2, 0.25) is 0 Å². The number of hydrogen-bond acceptors (Lipinski definition) is 8. The Morgan fingerprint density at radius 2 is 2.07 bits per heavy atom. The van der Waals surface area contributed by atoms with Crippen molar-refractivity contribution in [2.75, 3.05) is 30.0 Å². The Labute approximate surface area is 173 Å². The zero-order valence-corrected chi connectivity index (χ0v) is 17.0. The number of aliphatic carboxylic acids is 1. The zero-order valence-electron chi connectivity index (χ0n) is 16.2. The van der Waals surface area contributed by atoms with Crippen LogP contribution in [0.1, 0.15) is 31.0 Å². The molecule has 0 saturated carbocycles. The molecule has 0 radical (unpaired) electrons. The molecule has 3 rings (SSSR count). The van der Waals surface area contributed by atoms with Gasteiger partial charge in [0.1, 0.15) is 0 Å². The summed E-state index contributed by atoms with van der Waals surface area (Å²) >= 11 is 1.38. The smallest absolute Gasteiger partial charge is 0.311 e. The molecule has 0 spiro atoms. The van der Waals surface area contributed by atoms with Crippen molar-refractivity contribution in [2.24, 2.45) is 11.0 Å². The standard InChI is InChI=1S/C20H24N4O4S/c1-2-28-18(25)11-16-13-29-20(22-16)23-21-12-14-3-5-17(6-4-14)24-9-7-15(8-10-24)19(26)27/h3-6,12-13,15H,2,7-11H2,1H3,(H,22,23)(H,26,27). The lowest BCUT2D eigenvalue weighted by Crippen LogP contribution is -2.36. The Morgan fingerprint density at radius 1 is 1.34 bits per heavy atom. The molecule has 2 N–H and O–H groups in total. The molecule has 1 fully saturated rings. The van der Waals surface area contributed by atoms with Gasteiger partial charge in [-0.2, -0.15) is 5.10 Å². The molecule has 1 saturated heterocycles. The Balaban J connectivity index is 1.49. The van der Waals surface area contributed by atoms with Gasteiger partial charge < -0.3 is 14.7 Å². The van der Waals surface area contributed by atoms with Crippen LogP contribution in [-0.4, -0.2) is 47.9 Å². The molecule has 154 valence electrons. The first kappa shape index (κ1) is 20.8. The van der Waals surface area contributed by atoms with Crippen LogP contribution in [0.25, 0.3) is 0 Å². The number of carboxylic acids is 1. The highest BCUT2D eigenvalue weighted by Crippen LogP contribution is 2.23. The summed E-state index contributed by atoms with van der Waals surface area (Å²) in [6, 6.07) is 7.97. The van der Waals surface area contributed by atoms with E-state index in [1.165, 1.54) is 11.3 Å². The minimum Gasteiger partial charge on any atom is -0.481 e. The average molecular weight is 417 g/mol. The maximum Gasteiger partial charge on any atom is 0.311 e. The number of rotatable bonds is 8. The Bertz CT molecular complexity index is 858. The molecule has 1 aromatic carbocycles. The van der Waals surface area contributed by atoms with Crippen LogP contribution in [-0.2, 0) is 20.7 Å². The van der Waals surface area contributed by atoms with Gasteiger partial charge >= 0.3 is 11.9 Å². The molecule has 1 aliphatic rings. The molecule has 2 aromatic rings. The molecule has 0 unspecified atom stereocenters. The number of carboxylic acid groups (broad SMARTS) is 1. The predicted molar refractivity (Wildman–Crippen MR) is 113 cm³/mol. The van der Waals surface area contributed by atoms with E-state index in [1.54, 1.807) is 18.5 Å². The number of esters is 1. The van der Waals surface area contributed by atoms with Crippen molar-refractivity contribution in [2.45, 2.75) is 26.2 Å². The lowest BCUT2D eigenvalue weighted by atomic mass is 9.96. The number of thiazole rings is 1. The summed E-state index contributed by atoms with van der Waals surface area (Å²) in [7, 11) is 0. The quantitative estimate of drug-likeness (QED) is 0.387.